The Morgan fingerprint density at radius 2 is 2.14 bits per heavy atom. The minimum Gasteiger partial charge on any atom is -0.481 e. The molecule has 5 nitrogen and oxygen atoms in total. The average molecular weight is 303 g/mol. The Morgan fingerprint density at radius 3 is 2.81 bits per heavy atom. The van der Waals surface area contributed by atoms with Crippen LogP contribution in [-0.4, -0.2) is 34.4 Å². The molecule has 2 aromatic rings. The third-order valence-electron chi connectivity index (χ3n) is 3.91. The lowest BCUT2D eigenvalue weighted by Gasteiger charge is -2.18. The molecule has 1 aliphatic heterocycles. The molecule has 0 aliphatic carbocycles. The van der Waals surface area contributed by atoms with Crippen LogP contribution in [0.5, 0.6) is 0 Å². The number of carbonyl (C=O) groups is 1. The highest BCUT2D eigenvalue weighted by Gasteiger charge is 2.41. The van der Waals surface area contributed by atoms with Crippen molar-refractivity contribution in [2.75, 3.05) is 18.0 Å². The summed E-state index contributed by atoms with van der Waals surface area (Å²) >= 11 is 1.55. The molecule has 6 heteroatoms. The molecule has 1 N–H and O–H groups in total. The van der Waals surface area contributed by atoms with E-state index in [0.717, 1.165) is 23.1 Å². The van der Waals surface area contributed by atoms with Crippen LogP contribution >= 0.6 is 11.3 Å². The summed E-state index contributed by atoms with van der Waals surface area (Å²) in [5, 5.41) is 19.5. The maximum Gasteiger partial charge on any atom is 0.311 e. The third kappa shape index (κ3) is 2.90. The van der Waals surface area contributed by atoms with E-state index in [1.165, 1.54) is 5.56 Å². The highest BCUT2D eigenvalue weighted by molar-refractivity contribution is 7.15. The monoisotopic (exact) mass is 303 g/mol. The molecule has 110 valence electrons. The van der Waals surface area contributed by atoms with Crippen LogP contribution in [0, 0.1) is 5.41 Å². The van der Waals surface area contributed by atoms with E-state index in [0.29, 0.717) is 13.0 Å². The standard InChI is InChI=1S/C15H17N3O2S/c1-15(13(19)20)7-8-18(10-15)14-17-16-12(21-14)9-11-5-3-2-4-6-11/h2-6H,7-10H2,1H3,(H,19,20). The van der Waals surface area contributed by atoms with Crippen molar-refractivity contribution in [2.45, 2.75) is 19.8 Å². The second-order valence-electron chi connectivity index (χ2n) is 5.68. The van der Waals surface area contributed by atoms with Crippen molar-refractivity contribution in [2.24, 2.45) is 5.41 Å². The minimum atomic E-state index is -0.737. The Hall–Kier alpha value is -1.95. The molecule has 1 aliphatic rings. The van der Waals surface area contributed by atoms with E-state index >= 15 is 0 Å². The lowest BCUT2D eigenvalue weighted by molar-refractivity contribution is -0.146. The predicted octanol–water partition coefficient (Wildman–Crippen LogP) is 2.43. The van der Waals surface area contributed by atoms with Crippen LogP contribution in [0.15, 0.2) is 30.3 Å². The summed E-state index contributed by atoms with van der Waals surface area (Å²) in [6.45, 7) is 3.02. The Balaban J connectivity index is 1.70. The van der Waals surface area contributed by atoms with Crippen LogP contribution in [0.1, 0.15) is 23.9 Å². The fourth-order valence-electron chi connectivity index (χ4n) is 2.51. The average Bonchev–Trinajstić information content (AvgIpc) is 3.08. The molecule has 0 amide bonds. The van der Waals surface area contributed by atoms with Gasteiger partial charge in [-0.2, -0.15) is 0 Å². The molecular formula is C15H17N3O2S. The number of aromatic nitrogens is 2. The van der Waals surface area contributed by atoms with Crippen LogP contribution in [0.25, 0.3) is 0 Å². The van der Waals surface area contributed by atoms with Gasteiger partial charge in [-0.1, -0.05) is 41.7 Å². The van der Waals surface area contributed by atoms with Crippen LogP contribution in [0.4, 0.5) is 5.13 Å². The van der Waals surface area contributed by atoms with Crippen LogP contribution in [-0.2, 0) is 11.2 Å². The summed E-state index contributed by atoms with van der Waals surface area (Å²) in [7, 11) is 0. The zero-order valence-electron chi connectivity index (χ0n) is 11.8. The normalized spacial score (nSPS) is 21.7. The minimum absolute atomic E-state index is 0.502. The molecular weight excluding hydrogens is 286 g/mol. The Bertz CT molecular complexity index is 643. The van der Waals surface area contributed by atoms with Gasteiger partial charge in [-0.15, -0.1) is 10.2 Å². The molecule has 2 heterocycles. The topological polar surface area (TPSA) is 66.3 Å². The largest absolute Gasteiger partial charge is 0.481 e. The lowest BCUT2D eigenvalue weighted by Crippen LogP contribution is -2.31. The van der Waals surface area contributed by atoms with Gasteiger partial charge in [-0.05, 0) is 18.9 Å². The summed E-state index contributed by atoms with van der Waals surface area (Å²) in [4.78, 5) is 13.3. The fraction of sp³-hybridized carbons (Fsp3) is 0.400. The number of hydrogen-bond donors (Lipinski definition) is 1. The van der Waals surface area contributed by atoms with Gasteiger partial charge in [-0.25, -0.2) is 0 Å². The van der Waals surface area contributed by atoms with Crippen molar-refractivity contribution < 1.29 is 9.90 Å². The van der Waals surface area contributed by atoms with Crippen molar-refractivity contribution in [3.8, 4) is 0 Å². The molecule has 3 rings (SSSR count). The highest BCUT2D eigenvalue weighted by atomic mass is 32.1. The molecule has 21 heavy (non-hydrogen) atoms. The van der Waals surface area contributed by atoms with Crippen molar-refractivity contribution in [3.05, 3.63) is 40.9 Å². The van der Waals surface area contributed by atoms with E-state index in [1.807, 2.05) is 23.1 Å². The summed E-state index contributed by atoms with van der Waals surface area (Å²) in [5.41, 5.74) is 0.530. The maximum absolute atomic E-state index is 11.3. The van der Waals surface area contributed by atoms with Crippen molar-refractivity contribution >= 4 is 22.4 Å². The smallest absolute Gasteiger partial charge is 0.311 e. The number of anilines is 1. The van der Waals surface area contributed by atoms with Crippen LogP contribution in [0.3, 0.4) is 0 Å². The molecule has 1 atom stereocenters. The fourth-order valence-corrected chi connectivity index (χ4v) is 3.41. The molecule has 0 saturated carbocycles. The van der Waals surface area contributed by atoms with E-state index in [9.17, 15) is 9.90 Å². The first kappa shape index (κ1) is 14.0. The van der Waals surface area contributed by atoms with Gasteiger partial charge in [0.1, 0.15) is 5.01 Å². The summed E-state index contributed by atoms with van der Waals surface area (Å²) in [6.07, 6.45) is 1.42. The van der Waals surface area contributed by atoms with E-state index < -0.39 is 11.4 Å². The van der Waals surface area contributed by atoms with Crippen molar-refractivity contribution in [1.29, 1.82) is 0 Å². The van der Waals surface area contributed by atoms with Gasteiger partial charge in [0, 0.05) is 19.5 Å². The van der Waals surface area contributed by atoms with Crippen LogP contribution < -0.4 is 4.90 Å². The van der Waals surface area contributed by atoms with Gasteiger partial charge in [0.2, 0.25) is 5.13 Å². The first-order chi connectivity index (χ1) is 10.1. The Morgan fingerprint density at radius 1 is 1.38 bits per heavy atom. The summed E-state index contributed by atoms with van der Waals surface area (Å²) in [5.74, 6) is -0.737. The third-order valence-corrected chi connectivity index (χ3v) is 4.90. The molecule has 1 fully saturated rings. The maximum atomic E-state index is 11.3. The number of hydrogen-bond acceptors (Lipinski definition) is 5. The van der Waals surface area contributed by atoms with Gasteiger partial charge in [-0.3, -0.25) is 4.79 Å². The summed E-state index contributed by atoms with van der Waals surface area (Å²) < 4.78 is 0. The molecule has 0 spiro atoms. The van der Waals surface area contributed by atoms with Gasteiger partial charge in [0.25, 0.3) is 0 Å². The summed E-state index contributed by atoms with van der Waals surface area (Å²) in [6, 6.07) is 10.1. The van der Waals surface area contributed by atoms with E-state index in [-0.39, 0.29) is 0 Å². The predicted molar refractivity (Wildman–Crippen MR) is 81.7 cm³/mol. The van der Waals surface area contributed by atoms with E-state index in [1.54, 1.807) is 18.3 Å². The number of carboxylic acid groups (broad SMARTS) is 1. The number of aliphatic carboxylic acids is 1. The zero-order chi connectivity index (χ0) is 14.9. The molecule has 1 unspecified atom stereocenters. The van der Waals surface area contributed by atoms with Gasteiger partial charge < -0.3 is 10.0 Å². The molecule has 1 saturated heterocycles. The number of nitrogens with zero attached hydrogens (tertiary/aromatic N) is 3. The van der Waals surface area contributed by atoms with Gasteiger partial charge in [0.05, 0.1) is 5.41 Å². The SMILES string of the molecule is CC1(C(=O)O)CCN(c2nnc(Cc3ccccc3)s2)C1. The van der Waals surface area contributed by atoms with Gasteiger partial charge >= 0.3 is 5.97 Å². The first-order valence-corrected chi connectivity index (χ1v) is 7.73. The second kappa shape index (κ2) is 5.44. The van der Waals surface area contributed by atoms with E-state index in [2.05, 4.69) is 22.3 Å². The molecule has 0 bridgehead atoms. The molecule has 0 radical (unpaired) electrons. The van der Waals surface area contributed by atoms with E-state index in [4.69, 9.17) is 0 Å². The zero-order valence-corrected chi connectivity index (χ0v) is 12.6. The van der Waals surface area contributed by atoms with Crippen molar-refractivity contribution in [1.82, 2.24) is 10.2 Å². The number of carboxylic acids is 1. The molecule has 1 aromatic heterocycles. The first-order valence-electron chi connectivity index (χ1n) is 6.91. The Labute approximate surface area is 127 Å². The highest BCUT2D eigenvalue weighted by Crippen LogP contribution is 2.34. The van der Waals surface area contributed by atoms with Crippen molar-refractivity contribution in [3.63, 3.8) is 0 Å². The van der Waals surface area contributed by atoms with Crippen LogP contribution in [0.2, 0.25) is 0 Å². The second-order valence-corrected chi connectivity index (χ2v) is 6.72. The van der Waals surface area contributed by atoms with Gasteiger partial charge in [0.15, 0.2) is 0 Å². The Kier molecular flexibility index (Phi) is 3.63. The lowest BCUT2D eigenvalue weighted by atomic mass is 9.90. The quantitative estimate of drug-likeness (QED) is 0.939. The number of rotatable bonds is 4. The molecule has 1 aromatic carbocycles. The number of benzene rings is 1.